The second kappa shape index (κ2) is 13.2. The van der Waals surface area contributed by atoms with Crippen molar-refractivity contribution in [2.24, 2.45) is 5.92 Å². The van der Waals surface area contributed by atoms with Crippen molar-refractivity contribution in [3.8, 4) is 0 Å². The maximum Gasteiger partial charge on any atom is 0.419 e. The van der Waals surface area contributed by atoms with Crippen LogP contribution in [-0.4, -0.2) is 21.1 Å². The van der Waals surface area contributed by atoms with E-state index in [-0.39, 0.29) is 34.1 Å². The first-order valence-electron chi connectivity index (χ1n) is 13.6. The summed E-state index contributed by atoms with van der Waals surface area (Å²) in [7, 11) is 0. The number of nitro groups is 1. The van der Waals surface area contributed by atoms with E-state index in [9.17, 15) is 41.7 Å². The van der Waals surface area contributed by atoms with Gasteiger partial charge in [0.25, 0.3) is 11.6 Å². The fourth-order valence-electron chi connectivity index (χ4n) is 4.95. The molecule has 4 aromatic carbocycles. The summed E-state index contributed by atoms with van der Waals surface area (Å²) in [5.74, 6) is -7.83. The molecule has 1 aliphatic carbocycles. The van der Waals surface area contributed by atoms with Gasteiger partial charge in [-0.2, -0.15) is 13.2 Å². The highest BCUT2D eigenvalue weighted by Crippen LogP contribution is 2.65. The highest BCUT2D eigenvalue weighted by Gasteiger charge is 2.67. The SMILES string of the molecule is O=C(Nc1ccc(F)c(NCc2ccc([N+](=O)[O-])cc2)c1F)c1cc(NC(=O)[C@H]2[C@H](c3ccc(F)c(C(F)(F)F)c3)C2(Cl)Cl)ccc1Cl. The smallest absolute Gasteiger partial charge is 0.376 e. The molecule has 48 heavy (non-hydrogen) atoms. The number of nitrogens with zero attached hydrogens (tertiary/aromatic N) is 1. The first-order valence-corrected chi connectivity index (χ1v) is 14.7. The molecule has 0 saturated heterocycles. The fraction of sp³-hybridized carbons (Fsp3) is 0.161. The minimum absolute atomic E-state index is 0.00977. The Kier molecular flexibility index (Phi) is 9.55. The Bertz CT molecular complexity index is 1940. The van der Waals surface area contributed by atoms with Gasteiger partial charge in [-0.15, -0.1) is 23.2 Å². The third-order valence-electron chi connectivity index (χ3n) is 7.43. The van der Waals surface area contributed by atoms with Crippen LogP contribution < -0.4 is 16.0 Å². The van der Waals surface area contributed by atoms with Crippen LogP contribution in [0.2, 0.25) is 5.02 Å². The Balaban J connectivity index is 1.29. The lowest BCUT2D eigenvalue weighted by molar-refractivity contribution is -0.384. The molecule has 0 spiro atoms. The second-order valence-electron chi connectivity index (χ2n) is 10.6. The number of nitrogens with one attached hydrogen (secondary N) is 3. The first kappa shape index (κ1) is 34.8. The summed E-state index contributed by atoms with van der Waals surface area (Å²) >= 11 is 18.7. The third-order valence-corrected chi connectivity index (χ3v) is 8.70. The predicted octanol–water partition coefficient (Wildman–Crippen LogP) is 9.07. The maximum absolute atomic E-state index is 15.3. The van der Waals surface area contributed by atoms with Crippen molar-refractivity contribution in [2.75, 3.05) is 16.0 Å². The van der Waals surface area contributed by atoms with Crippen molar-refractivity contribution in [1.29, 1.82) is 0 Å². The number of rotatable bonds is 9. The zero-order valence-corrected chi connectivity index (χ0v) is 26.0. The molecule has 17 heteroatoms. The van der Waals surface area contributed by atoms with Crippen LogP contribution in [0.4, 0.5) is 49.1 Å². The summed E-state index contributed by atoms with van der Waals surface area (Å²) in [6, 6.07) is 12.9. The van der Waals surface area contributed by atoms with Gasteiger partial charge in [0.2, 0.25) is 5.91 Å². The normalized spacial score (nSPS) is 16.6. The number of alkyl halides is 5. The molecule has 3 N–H and O–H groups in total. The molecule has 4 aromatic rings. The average Bonchev–Trinajstić information content (AvgIpc) is 3.60. The van der Waals surface area contributed by atoms with Crippen molar-refractivity contribution >= 4 is 69.4 Å². The van der Waals surface area contributed by atoms with Gasteiger partial charge in [0.15, 0.2) is 5.82 Å². The van der Waals surface area contributed by atoms with Crippen molar-refractivity contribution in [3.63, 3.8) is 0 Å². The van der Waals surface area contributed by atoms with Gasteiger partial charge in [0.05, 0.1) is 32.7 Å². The zero-order chi connectivity index (χ0) is 35.1. The molecule has 0 heterocycles. The molecule has 1 saturated carbocycles. The minimum atomic E-state index is -5.00. The van der Waals surface area contributed by atoms with E-state index in [2.05, 4.69) is 16.0 Å². The number of carbonyl (C=O) groups is 2. The van der Waals surface area contributed by atoms with Crippen molar-refractivity contribution in [3.05, 3.63) is 128 Å². The van der Waals surface area contributed by atoms with Gasteiger partial charge in [-0.05, 0) is 53.6 Å². The number of hydrogen-bond donors (Lipinski definition) is 3. The highest BCUT2D eigenvalue weighted by molar-refractivity contribution is 6.53. The number of carbonyl (C=O) groups excluding carboxylic acids is 2. The van der Waals surface area contributed by atoms with E-state index >= 15 is 4.39 Å². The van der Waals surface area contributed by atoms with E-state index in [4.69, 9.17) is 34.8 Å². The topological polar surface area (TPSA) is 113 Å². The van der Waals surface area contributed by atoms with E-state index in [1.807, 2.05) is 0 Å². The fourth-order valence-corrected chi connectivity index (χ4v) is 5.98. The third kappa shape index (κ3) is 7.15. The Morgan fingerprint density at radius 3 is 2.21 bits per heavy atom. The Hall–Kier alpha value is -4.53. The molecule has 5 rings (SSSR count). The second-order valence-corrected chi connectivity index (χ2v) is 12.4. The Labute approximate surface area is 282 Å². The van der Waals surface area contributed by atoms with Gasteiger partial charge >= 0.3 is 6.18 Å². The van der Waals surface area contributed by atoms with E-state index in [1.165, 1.54) is 36.4 Å². The van der Waals surface area contributed by atoms with Crippen LogP contribution in [0.25, 0.3) is 0 Å². The Morgan fingerprint density at radius 2 is 1.56 bits per heavy atom. The number of benzene rings is 4. The van der Waals surface area contributed by atoms with E-state index in [1.54, 1.807) is 0 Å². The molecule has 0 bridgehead atoms. The number of halogens is 9. The molecule has 0 unspecified atom stereocenters. The maximum atomic E-state index is 15.3. The molecule has 250 valence electrons. The number of non-ortho nitro benzene ring substituents is 1. The largest absolute Gasteiger partial charge is 0.419 e. The van der Waals surface area contributed by atoms with Crippen molar-refractivity contribution in [2.45, 2.75) is 23.0 Å². The standard InChI is InChI=1S/C31H19Cl3F6N4O4/c32-20-7-4-16(42-29(46)25-24(30(25,33)34)15-3-8-21(35)19(11-15)31(38,39)40)12-18(20)28(45)43-23-10-9-22(36)27(26(23)37)41-13-14-1-5-17(6-2-14)44(47)48/h1-12,24-25,41H,13H2,(H,42,46)(H,43,45)/t24-,25+/m0/s1. The summed E-state index contributed by atoms with van der Waals surface area (Å²) in [6.45, 7) is -0.116. The molecule has 0 radical (unpaired) electrons. The lowest BCUT2D eigenvalue weighted by Gasteiger charge is -2.14. The number of anilines is 3. The lowest BCUT2D eigenvalue weighted by Crippen LogP contribution is -2.18. The average molecular weight is 732 g/mol. The summed E-state index contributed by atoms with van der Waals surface area (Å²) in [5, 5.41) is 18.0. The van der Waals surface area contributed by atoms with E-state index in [0.29, 0.717) is 17.7 Å². The van der Waals surface area contributed by atoms with Crippen molar-refractivity contribution < 1.29 is 40.9 Å². The molecule has 0 aromatic heterocycles. The summed E-state index contributed by atoms with van der Waals surface area (Å²) in [4.78, 5) is 36.4. The molecular formula is C31H19Cl3F6N4O4. The van der Waals surface area contributed by atoms with Gasteiger partial charge in [-0.25, -0.2) is 13.2 Å². The summed E-state index contributed by atoms with van der Waals surface area (Å²) in [6.07, 6.45) is -5.00. The molecule has 2 amide bonds. The highest BCUT2D eigenvalue weighted by atomic mass is 35.5. The minimum Gasteiger partial charge on any atom is -0.376 e. The summed E-state index contributed by atoms with van der Waals surface area (Å²) in [5.41, 5.74) is -2.65. The molecular weight excluding hydrogens is 713 g/mol. The number of amides is 2. The van der Waals surface area contributed by atoms with Crippen LogP contribution >= 0.6 is 34.8 Å². The number of hydrogen-bond acceptors (Lipinski definition) is 5. The van der Waals surface area contributed by atoms with Gasteiger partial charge in [0, 0.05) is 30.3 Å². The predicted molar refractivity (Wildman–Crippen MR) is 167 cm³/mol. The van der Waals surface area contributed by atoms with Gasteiger partial charge in [-0.3, -0.25) is 19.7 Å². The summed E-state index contributed by atoms with van der Waals surface area (Å²) < 4.78 is 81.4. The monoisotopic (exact) mass is 730 g/mol. The van der Waals surface area contributed by atoms with Crippen LogP contribution in [0, 0.1) is 33.5 Å². The van der Waals surface area contributed by atoms with Crippen LogP contribution in [0.3, 0.4) is 0 Å². The first-order chi connectivity index (χ1) is 22.5. The van der Waals surface area contributed by atoms with Crippen LogP contribution in [0.15, 0.2) is 72.8 Å². The van der Waals surface area contributed by atoms with E-state index in [0.717, 1.165) is 24.3 Å². The molecule has 2 atom stereocenters. The van der Waals surface area contributed by atoms with Crippen LogP contribution in [-0.2, 0) is 17.5 Å². The molecule has 1 aliphatic rings. The van der Waals surface area contributed by atoms with Crippen molar-refractivity contribution in [1.82, 2.24) is 0 Å². The molecule has 8 nitrogen and oxygen atoms in total. The zero-order valence-electron chi connectivity index (χ0n) is 23.8. The van der Waals surface area contributed by atoms with Crippen LogP contribution in [0.5, 0.6) is 0 Å². The van der Waals surface area contributed by atoms with Gasteiger partial charge in [-0.1, -0.05) is 29.8 Å². The quantitative estimate of drug-likeness (QED) is 0.0688. The Morgan fingerprint density at radius 1 is 0.896 bits per heavy atom. The molecule has 1 fully saturated rings. The van der Waals surface area contributed by atoms with Gasteiger partial charge < -0.3 is 16.0 Å². The molecule has 0 aliphatic heterocycles. The van der Waals surface area contributed by atoms with E-state index < -0.39 is 73.5 Å². The van der Waals surface area contributed by atoms with Gasteiger partial charge in [0.1, 0.15) is 21.7 Å². The lowest BCUT2D eigenvalue weighted by atomic mass is 10.0. The van der Waals surface area contributed by atoms with Crippen LogP contribution in [0.1, 0.15) is 33.0 Å². The number of nitro benzene ring substituents is 1.